The molecule has 11 atom stereocenters. The average Bonchev–Trinajstić information content (AvgIpc) is 3.55. The molecule has 1 saturated heterocycles. The average molecular weight is 527 g/mol. The van der Waals surface area contributed by atoms with Crippen molar-refractivity contribution in [1.29, 1.82) is 0 Å². The molecule has 6 rings (SSSR count). The molecule has 0 aromatic heterocycles. The highest BCUT2D eigenvalue weighted by atomic mass is 16.6. The number of aliphatic hydroxyl groups is 2. The van der Waals surface area contributed by atoms with Crippen molar-refractivity contribution >= 4 is 17.7 Å². The molecule has 2 aliphatic heterocycles. The summed E-state index contributed by atoms with van der Waals surface area (Å²) in [6.45, 7) is 10.9. The Bertz CT molecular complexity index is 1230. The van der Waals surface area contributed by atoms with Crippen LogP contribution in [0.5, 0.6) is 0 Å². The Labute approximate surface area is 223 Å². The quantitative estimate of drug-likeness (QED) is 0.327. The van der Waals surface area contributed by atoms with E-state index in [1.165, 1.54) is 19.1 Å². The first-order valence-electron chi connectivity index (χ1n) is 13.8. The lowest BCUT2D eigenvalue weighted by Gasteiger charge is -2.61. The SMILES string of the molecule is CC(=O)OC1C=C(C(C)C2CC(C)=C(C)C(=O)O2)C2(C)CCC3C(CC4OC45C(O)C=CC(=O)C35C)C12O. The molecule has 11 unspecified atom stereocenters. The van der Waals surface area contributed by atoms with Crippen LogP contribution in [-0.4, -0.2) is 63.6 Å². The summed E-state index contributed by atoms with van der Waals surface area (Å²) in [5.74, 6) is -1.81. The minimum absolute atomic E-state index is 0.0949. The number of fused-ring (bicyclic) bond motifs is 4. The monoisotopic (exact) mass is 526 g/mol. The predicted molar refractivity (Wildman–Crippen MR) is 135 cm³/mol. The molecule has 8 heteroatoms. The van der Waals surface area contributed by atoms with E-state index in [4.69, 9.17) is 14.2 Å². The van der Waals surface area contributed by atoms with Crippen molar-refractivity contribution in [3.63, 3.8) is 0 Å². The number of epoxide rings is 1. The highest BCUT2D eigenvalue weighted by molar-refractivity contribution is 5.98. The van der Waals surface area contributed by atoms with Crippen LogP contribution < -0.4 is 0 Å². The number of hydrogen-bond acceptors (Lipinski definition) is 8. The fourth-order valence-corrected chi connectivity index (χ4v) is 9.14. The summed E-state index contributed by atoms with van der Waals surface area (Å²) in [5, 5.41) is 23.8. The van der Waals surface area contributed by atoms with Gasteiger partial charge in [0, 0.05) is 30.3 Å². The number of allylic oxidation sites excluding steroid dienone is 1. The molecule has 0 radical (unpaired) electrons. The van der Waals surface area contributed by atoms with Gasteiger partial charge in [0.05, 0.1) is 11.5 Å². The Morgan fingerprint density at radius 2 is 1.92 bits per heavy atom. The highest BCUT2D eigenvalue weighted by Gasteiger charge is 2.82. The van der Waals surface area contributed by atoms with Crippen LogP contribution in [0.3, 0.4) is 0 Å². The Morgan fingerprint density at radius 1 is 1.21 bits per heavy atom. The van der Waals surface area contributed by atoms with Gasteiger partial charge >= 0.3 is 11.9 Å². The van der Waals surface area contributed by atoms with Crippen molar-refractivity contribution in [3.05, 3.63) is 34.9 Å². The smallest absolute Gasteiger partial charge is 0.333 e. The van der Waals surface area contributed by atoms with Crippen LogP contribution in [0, 0.1) is 28.6 Å². The van der Waals surface area contributed by atoms with Gasteiger partial charge in [-0.05, 0) is 70.1 Å². The third-order valence-electron chi connectivity index (χ3n) is 11.5. The molecule has 2 N–H and O–H groups in total. The van der Waals surface area contributed by atoms with Crippen molar-refractivity contribution in [2.75, 3.05) is 0 Å². The Kier molecular flexibility index (Phi) is 5.39. The first kappa shape index (κ1) is 26.0. The molecule has 1 spiro atoms. The lowest BCUT2D eigenvalue weighted by atomic mass is 9.42. The molecule has 38 heavy (non-hydrogen) atoms. The molecule has 0 bridgehead atoms. The molecule has 3 fully saturated rings. The number of cyclic esters (lactones) is 1. The first-order valence-corrected chi connectivity index (χ1v) is 13.8. The summed E-state index contributed by atoms with van der Waals surface area (Å²) in [6, 6.07) is 0. The van der Waals surface area contributed by atoms with Gasteiger partial charge in [-0.15, -0.1) is 0 Å². The van der Waals surface area contributed by atoms with E-state index in [1.54, 1.807) is 6.92 Å². The standard InChI is InChI=1S/C30H38O8/c1-14-11-21(37-26(34)15(14)2)16(3)19-12-24(36-17(4)31)29(35)20-13-25-30(38-25)23(33)8-7-22(32)28(30,6)18(20)9-10-27(19,29)5/h7-8,12,16,18,20-21,23-25,33,35H,9-11,13H2,1-6H3. The van der Waals surface area contributed by atoms with Crippen LogP contribution in [0.1, 0.15) is 67.2 Å². The molecule has 6 aliphatic rings. The van der Waals surface area contributed by atoms with Crippen LogP contribution in [0.4, 0.5) is 0 Å². The summed E-state index contributed by atoms with van der Waals surface area (Å²) >= 11 is 0. The molecule has 206 valence electrons. The largest absolute Gasteiger partial charge is 0.458 e. The molecule has 4 aliphatic carbocycles. The maximum atomic E-state index is 13.5. The number of carbonyl (C=O) groups excluding carboxylic acids is 3. The Hall–Kier alpha value is -2.29. The molecule has 2 saturated carbocycles. The first-order chi connectivity index (χ1) is 17.7. The van der Waals surface area contributed by atoms with E-state index in [0.717, 1.165) is 11.1 Å². The van der Waals surface area contributed by atoms with E-state index in [2.05, 4.69) is 0 Å². The summed E-state index contributed by atoms with van der Waals surface area (Å²) in [5.41, 5.74) is -1.70. The molecule has 8 nitrogen and oxygen atoms in total. The van der Waals surface area contributed by atoms with Gasteiger partial charge in [-0.25, -0.2) is 4.79 Å². The zero-order valence-corrected chi connectivity index (χ0v) is 22.9. The van der Waals surface area contributed by atoms with Crippen molar-refractivity contribution < 1.29 is 38.8 Å². The van der Waals surface area contributed by atoms with Crippen molar-refractivity contribution in [2.24, 2.45) is 28.6 Å². The summed E-state index contributed by atoms with van der Waals surface area (Å²) in [6.07, 6.45) is 4.53. The van der Waals surface area contributed by atoms with Gasteiger partial charge in [0.15, 0.2) is 5.78 Å². The van der Waals surface area contributed by atoms with Crippen molar-refractivity contribution in [3.8, 4) is 0 Å². The van der Waals surface area contributed by atoms with Crippen LogP contribution in [-0.2, 0) is 28.6 Å². The third kappa shape index (κ3) is 2.89. The maximum Gasteiger partial charge on any atom is 0.333 e. The molecule has 2 heterocycles. The second-order valence-corrected chi connectivity index (χ2v) is 12.9. The Morgan fingerprint density at radius 3 is 2.58 bits per heavy atom. The molecular weight excluding hydrogens is 488 g/mol. The normalized spacial score (nSPS) is 49.7. The number of ether oxygens (including phenoxy) is 3. The van der Waals surface area contributed by atoms with E-state index in [9.17, 15) is 24.6 Å². The summed E-state index contributed by atoms with van der Waals surface area (Å²) in [4.78, 5) is 38.3. The van der Waals surface area contributed by atoms with Crippen LogP contribution >= 0.6 is 0 Å². The van der Waals surface area contributed by atoms with Gasteiger partial charge in [-0.2, -0.15) is 0 Å². The number of esters is 2. The number of ketones is 1. The highest BCUT2D eigenvalue weighted by Crippen LogP contribution is 2.73. The second kappa shape index (κ2) is 7.89. The van der Waals surface area contributed by atoms with Crippen LogP contribution in [0.2, 0.25) is 0 Å². The Balaban J connectivity index is 1.42. The second-order valence-electron chi connectivity index (χ2n) is 12.9. The van der Waals surface area contributed by atoms with Crippen molar-refractivity contribution in [1.82, 2.24) is 0 Å². The van der Waals surface area contributed by atoms with E-state index < -0.39 is 52.2 Å². The topological polar surface area (TPSA) is 123 Å². The predicted octanol–water partition coefficient (Wildman–Crippen LogP) is 2.96. The fraction of sp³-hybridized carbons (Fsp3) is 0.700. The number of rotatable bonds is 3. The maximum absolute atomic E-state index is 13.5. The minimum atomic E-state index is -1.49. The third-order valence-corrected chi connectivity index (χ3v) is 11.5. The van der Waals surface area contributed by atoms with Gasteiger partial charge < -0.3 is 24.4 Å². The van der Waals surface area contributed by atoms with Gasteiger partial charge in [0.2, 0.25) is 0 Å². The van der Waals surface area contributed by atoms with E-state index in [1.807, 2.05) is 33.8 Å². The number of aliphatic hydroxyl groups excluding tert-OH is 1. The fourth-order valence-electron chi connectivity index (χ4n) is 9.14. The lowest BCUT2D eigenvalue weighted by Crippen LogP contribution is -2.70. The van der Waals surface area contributed by atoms with E-state index in [0.29, 0.717) is 31.3 Å². The zero-order valence-electron chi connectivity index (χ0n) is 22.9. The molecule has 0 aromatic rings. The van der Waals surface area contributed by atoms with Gasteiger partial charge in [-0.1, -0.05) is 25.0 Å². The molecule has 0 amide bonds. The van der Waals surface area contributed by atoms with Crippen LogP contribution in [0.25, 0.3) is 0 Å². The number of hydrogen-bond donors (Lipinski definition) is 2. The number of carbonyl (C=O) groups is 3. The zero-order chi connectivity index (χ0) is 27.6. The lowest BCUT2D eigenvalue weighted by molar-refractivity contribution is -0.224. The van der Waals surface area contributed by atoms with Crippen molar-refractivity contribution in [2.45, 2.75) is 103 Å². The van der Waals surface area contributed by atoms with Crippen LogP contribution in [0.15, 0.2) is 34.9 Å². The van der Waals surface area contributed by atoms with E-state index in [-0.39, 0.29) is 29.7 Å². The van der Waals surface area contributed by atoms with Gasteiger partial charge in [0.25, 0.3) is 0 Å². The minimum Gasteiger partial charge on any atom is -0.458 e. The van der Waals surface area contributed by atoms with E-state index >= 15 is 0 Å². The van der Waals surface area contributed by atoms with Gasteiger partial charge in [0.1, 0.15) is 29.5 Å². The molecule has 0 aromatic carbocycles. The molecular formula is C30H38O8. The summed E-state index contributed by atoms with van der Waals surface area (Å²) in [7, 11) is 0. The van der Waals surface area contributed by atoms with Gasteiger partial charge in [-0.3, -0.25) is 9.59 Å². The summed E-state index contributed by atoms with van der Waals surface area (Å²) < 4.78 is 17.8.